The molecule has 1 aliphatic carbocycles. The van der Waals surface area contributed by atoms with Crippen LogP contribution in [0.2, 0.25) is 0 Å². The molecule has 0 aliphatic heterocycles. The number of carbonyl (C=O) groups excluding carboxylic acids is 1. The maximum atomic E-state index is 11.4. The van der Waals surface area contributed by atoms with Crippen LogP contribution in [0.15, 0.2) is 12.7 Å². The highest BCUT2D eigenvalue weighted by Gasteiger charge is 2.22. The van der Waals surface area contributed by atoms with Crippen molar-refractivity contribution in [2.45, 2.75) is 50.6 Å². The van der Waals surface area contributed by atoms with Gasteiger partial charge < -0.3 is 11.1 Å². The number of carbonyl (C=O) groups is 1. The Balaban J connectivity index is 2.27. The predicted molar refractivity (Wildman–Crippen MR) is 57.8 cm³/mol. The molecule has 2 unspecified atom stereocenters. The molecule has 1 fully saturated rings. The Morgan fingerprint density at radius 3 is 2.86 bits per heavy atom. The smallest absolute Gasteiger partial charge is 0.220 e. The van der Waals surface area contributed by atoms with Gasteiger partial charge in [-0.2, -0.15) is 0 Å². The molecule has 3 nitrogen and oxygen atoms in total. The summed E-state index contributed by atoms with van der Waals surface area (Å²) in [5.74, 6) is 0.104. The fourth-order valence-corrected chi connectivity index (χ4v) is 1.85. The summed E-state index contributed by atoms with van der Waals surface area (Å²) < 4.78 is 0. The van der Waals surface area contributed by atoms with Gasteiger partial charge in [0.2, 0.25) is 5.91 Å². The van der Waals surface area contributed by atoms with Crippen molar-refractivity contribution in [2.24, 2.45) is 5.73 Å². The molecule has 2 atom stereocenters. The minimum absolute atomic E-state index is 0.104. The number of nitrogens with one attached hydrogen (secondary N) is 1. The third-order valence-electron chi connectivity index (χ3n) is 2.74. The third-order valence-corrected chi connectivity index (χ3v) is 2.74. The minimum atomic E-state index is 0.104. The SMILES string of the molecule is C=CCCC(=O)NC1CCCCC1N. The topological polar surface area (TPSA) is 55.1 Å². The van der Waals surface area contributed by atoms with Gasteiger partial charge in [0.25, 0.3) is 0 Å². The van der Waals surface area contributed by atoms with Gasteiger partial charge in [0.05, 0.1) is 0 Å². The first-order valence-electron chi connectivity index (χ1n) is 5.40. The number of nitrogens with two attached hydrogens (primary N) is 1. The molecule has 3 N–H and O–H groups in total. The first-order chi connectivity index (χ1) is 6.74. The van der Waals surface area contributed by atoms with E-state index in [0.717, 1.165) is 19.3 Å². The minimum Gasteiger partial charge on any atom is -0.352 e. The lowest BCUT2D eigenvalue weighted by Gasteiger charge is -2.29. The lowest BCUT2D eigenvalue weighted by molar-refractivity contribution is -0.122. The van der Waals surface area contributed by atoms with Crippen molar-refractivity contribution in [1.82, 2.24) is 5.32 Å². The monoisotopic (exact) mass is 196 g/mol. The van der Waals surface area contributed by atoms with E-state index in [-0.39, 0.29) is 18.0 Å². The summed E-state index contributed by atoms with van der Waals surface area (Å²) in [5, 5.41) is 2.99. The predicted octanol–water partition coefficient (Wildman–Crippen LogP) is 1.34. The number of hydrogen-bond acceptors (Lipinski definition) is 2. The molecule has 3 heteroatoms. The van der Waals surface area contributed by atoms with Crippen LogP contribution in [0.3, 0.4) is 0 Å². The normalized spacial score (nSPS) is 26.9. The Morgan fingerprint density at radius 1 is 1.50 bits per heavy atom. The highest BCUT2D eigenvalue weighted by atomic mass is 16.1. The van der Waals surface area contributed by atoms with E-state index in [2.05, 4.69) is 11.9 Å². The van der Waals surface area contributed by atoms with E-state index in [1.807, 2.05) is 0 Å². The molecule has 14 heavy (non-hydrogen) atoms. The summed E-state index contributed by atoms with van der Waals surface area (Å²) in [7, 11) is 0. The number of hydrogen-bond donors (Lipinski definition) is 2. The van der Waals surface area contributed by atoms with Crippen molar-refractivity contribution in [1.29, 1.82) is 0 Å². The first kappa shape index (κ1) is 11.2. The molecule has 0 radical (unpaired) electrons. The van der Waals surface area contributed by atoms with Gasteiger partial charge in [-0.15, -0.1) is 6.58 Å². The average molecular weight is 196 g/mol. The molecule has 1 aliphatic rings. The van der Waals surface area contributed by atoms with Gasteiger partial charge in [-0.05, 0) is 19.3 Å². The maximum Gasteiger partial charge on any atom is 0.220 e. The molecule has 1 rings (SSSR count). The second kappa shape index (κ2) is 5.81. The van der Waals surface area contributed by atoms with Crippen LogP contribution in [-0.2, 0) is 4.79 Å². The Kier molecular flexibility index (Phi) is 4.66. The summed E-state index contributed by atoms with van der Waals surface area (Å²) in [5.41, 5.74) is 5.92. The zero-order chi connectivity index (χ0) is 10.4. The Morgan fingerprint density at radius 2 is 2.21 bits per heavy atom. The fourth-order valence-electron chi connectivity index (χ4n) is 1.85. The van der Waals surface area contributed by atoms with Crippen LogP contribution in [0.4, 0.5) is 0 Å². The number of allylic oxidation sites excluding steroid dienone is 1. The van der Waals surface area contributed by atoms with E-state index < -0.39 is 0 Å². The second-order valence-electron chi connectivity index (χ2n) is 3.95. The maximum absolute atomic E-state index is 11.4. The molecule has 0 aromatic carbocycles. The molecule has 1 amide bonds. The van der Waals surface area contributed by atoms with Crippen molar-refractivity contribution in [3.63, 3.8) is 0 Å². The Hall–Kier alpha value is -0.830. The Labute approximate surface area is 85.7 Å². The largest absolute Gasteiger partial charge is 0.352 e. The molecule has 0 saturated heterocycles. The van der Waals surface area contributed by atoms with E-state index in [9.17, 15) is 4.79 Å². The zero-order valence-corrected chi connectivity index (χ0v) is 8.67. The van der Waals surface area contributed by atoms with Crippen LogP contribution in [0.5, 0.6) is 0 Å². The van der Waals surface area contributed by atoms with Crippen molar-refractivity contribution in [3.8, 4) is 0 Å². The van der Waals surface area contributed by atoms with Crippen molar-refractivity contribution in [3.05, 3.63) is 12.7 Å². The van der Waals surface area contributed by atoms with Crippen LogP contribution >= 0.6 is 0 Å². The van der Waals surface area contributed by atoms with Crippen LogP contribution in [0, 0.1) is 0 Å². The van der Waals surface area contributed by atoms with E-state index in [0.29, 0.717) is 6.42 Å². The van der Waals surface area contributed by atoms with Gasteiger partial charge in [-0.1, -0.05) is 18.9 Å². The van der Waals surface area contributed by atoms with Crippen LogP contribution in [0.1, 0.15) is 38.5 Å². The van der Waals surface area contributed by atoms with Crippen LogP contribution < -0.4 is 11.1 Å². The van der Waals surface area contributed by atoms with E-state index >= 15 is 0 Å². The summed E-state index contributed by atoms with van der Waals surface area (Å²) in [6, 6.07) is 0.345. The van der Waals surface area contributed by atoms with E-state index in [4.69, 9.17) is 5.73 Å². The molecule has 0 aromatic rings. The van der Waals surface area contributed by atoms with Crippen LogP contribution in [-0.4, -0.2) is 18.0 Å². The molecular weight excluding hydrogens is 176 g/mol. The number of amides is 1. The van der Waals surface area contributed by atoms with Gasteiger partial charge in [0, 0.05) is 18.5 Å². The summed E-state index contributed by atoms with van der Waals surface area (Å²) in [6.07, 6.45) is 7.48. The van der Waals surface area contributed by atoms with Crippen molar-refractivity contribution < 1.29 is 4.79 Å². The average Bonchev–Trinajstić information content (AvgIpc) is 2.18. The van der Waals surface area contributed by atoms with Gasteiger partial charge in [-0.3, -0.25) is 4.79 Å². The first-order valence-corrected chi connectivity index (χ1v) is 5.40. The van der Waals surface area contributed by atoms with E-state index in [1.165, 1.54) is 12.8 Å². The number of rotatable bonds is 4. The fraction of sp³-hybridized carbons (Fsp3) is 0.727. The van der Waals surface area contributed by atoms with E-state index in [1.54, 1.807) is 6.08 Å². The highest BCUT2D eigenvalue weighted by molar-refractivity contribution is 5.76. The highest BCUT2D eigenvalue weighted by Crippen LogP contribution is 2.16. The van der Waals surface area contributed by atoms with Crippen molar-refractivity contribution in [2.75, 3.05) is 0 Å². The summed E-state index contributed by atoms with van der Waals surface area (Å²) >= 11 is 0. The lowest BCUT2D eigenvalue weighted by atomic mass is 9.91. The molecule has 0 heterocycles. The molecular formula is C11H20N2O. The molecule has 0 spiro atoms. The van der Waals surface area contributed by atoms with Gasteiger partial charge in [-0.25, -0.2) is 0 Å². The standard InChI is InChI=1S/C11H20N2O/c1-2-3-8-11(14)13-10-7-5-4-6-9(10)12/h2,9-10H,1,3-8,12H2,(H,13,14). The quantitative estimate of drug-likeness (QED) is 0.667. The molecule has 80 valence electrons. The van der Waals surface area contributed by atoms with Gasteiger partial charge in [0.15, 0.2) is 0 Å². The van der Waals surface area contributed by atoms with Gasteiger partial charge in [0.1, 0.15) is 0 Å². The molecule has 0 aromatic heterocycles. The summed E-state index contributed by atoms with van der Waals surface area (Å²) in [4.78, 5) is 11.4. The van der Waals surface area contributed by atoms with Gasteiger partial charge >= 0.3 is 0 Å². The third kappa shape index (κ3) is 3.50. The lowest BCUT2D eigenvalue weighted by Crippen LogP contribution is -2.49. The molecule has 1 saturated carbocycles. The zero-order valence-electron chi connectivity index (χ0n) is 8.67. The second-order valence-corrected chi connectivity index (χ2v) is 3.95. The van der Waals surface area contributed by atoms with Crippen molar-refractivity contribution >= 4 is 5.91 Å². The van der Waals surface area contributed by atoms with Crippen LogP contribution in [0.25, 0.3) is 0 Å². The Bertz CT molecular complexity index is 203. The summed E-state index contributed by atoms with van der Waals surface area (Å²) in [6.45, 7) is 3.59. The molecule has 0 bridgehead atoms.